The van der Waals surface area contributed by atoms with Crippen LogP contribution in [-0.4, -0.2) is 9.13 Å². The highest BCUT2D eigenvalue weighted by Crippen LogP contribution is 2.64. The highest BCUT2D eigenvalue weighted by Gasteiger charge is 2.52. The first-order valence-electron chi connectivity index (χ1n) is 21.9. The molecule has 0 saturated carbocycles. The molecule has 2 heteroatoms. The van der Waals surface area contributed by atoms with E-state index in [4.69, 9.17) is 0 Å². The van der Waals surface area contributed by atoms with E-state index >= 15 is 0 Å². The summed E-state index contributed by atoms with van der Waals surface area (Å²) in [6, 6.07) is 85.8. The van der Waals surface area contributed by atoms with Crippen LogP contribution in [0.3, 0.4) is 0 Å². The summed E-state index contributed by atoms with van der Waals surface area (Å²) in [6.07, 6.45) is 0. The standard InChI is InChI=1S/C61H38N2/c1-3-16-39(17-4-1)41-30-32-43(33-31-41)62-57-28-13-9-24-47(57)51-35-49-50-36-52-48-25-10-14-29-58(48)63(44-21-15-20-42(34-44)40-18-5-2-6-19-40)60(52)38-56(50)61(55(49)37-59(51)62)53-26-11-7-22-45(53)46-23-8-12-27-54(46)61/h1-38H. The Hall–Kier alpha value is -8.20. The minimum Gasteiger partial charge on any atom is -0.309 e. The van der Waals surface area contributed by atoms with Crippen molar-refractivity contribution in [1.82, 2.24) is 9.13 Å². The predicted octanol–water partition coefficient (Wildman–Crippen LogP) is 15.6. The number of hydrogen-bond donors (Lipinski definition) is 0. The van der Waals surface area contributed by atoms with Gasteiger partial charge in [-0.05, 0) is 127 Å². The molecule has 0 N–H and O–H groups in total. The quantitative estimate of drug-likeness (QED) is 0.168. The summed E-state index contributed by atoms with van der Waals surface area (Å²) in [5.74, 6) is 0. The summed E-state index contributed by atoms with van der Waals surface area (Å²) in [4.78, 5) is 0. The van der Waals surface area contributed by atoms with Gasteiger partial charge in [0.15, 0.2) is 0 Å². The Morgan fingerprint density at radius 3 is 1.25 bits per heavy atom. The van der Waals surface area contributed by atoms with E-state index in [2.05, 4.69) is 240 Å². The van der Waals surface area contributed by atoms with Crippen molar-refractivity contribution in [1.29, 1.82) is 0 Å². The highest BCUT2D eigenvalue weighted by atomic mass is 15.0. The lowest BCUT2D eigenvalue weighted by atomic mass is 9.70. The zero-order valence-electron chi connectivity index (χ0n) is 34.3. The van der Waals surface area contributed by atoms with Crippen molar-refractivity contribution >= 4 is 43.6 Å². The van der Waals surface area contributed by atoms with Gasteiger partial charge in [-0.15, -0.1) is 0 Å². The predicted molar refractivity (Wildman–Crippen MR) is 262 cm³/mol. The van der Waals surface area contributed by atoms with Crippen molar-refractivity contribution in [2.24, 2.45) is 0 Å². The lowest BCUT2D eigenvalue weighted by Crippen LogP contribution is -2.26. The second kappa shape index (κ2) is 12.9. The van der Waals surface area contributed by atoms with Crippen molar-refractivity contribution in [3.8, 4) is 55.9 Å². The Kier molecular flexibility index (Phi) is 7.07. The van der Waals surface area contributed by atoms with Crippen LogP contribution in [-0.2, 0) is 5.41 Å². The van der Waals surface area contributed by atoms with Crippen LogP contribution in [0.25, 0.3) is 99.5 Å². The van der Waals surface area contributed by atoms with Crippen LogP contribution >= 0.6 is 0 Å². The van der Waals surface area contributed by atoms with E-state index in [1.807, 2.05) is 0 Å². The maximum Gasteiger partial charge on any atom is 0.0727 e. The maximum absolute atomic E-state index is 2.55. The van der Waals surface area contributed by atoms with Crippen molar-refractivity contribution < 1.29 is 0 Å². The van der Waals surface area contributed by atoms with Gasteiger partial charge in [0, 0.05) is 32.9 Å². The normalized spacial score (nSPS) is 13.2. The molecule has 12 aromatic rings. The van der Waals surface area contributed by atoms with E-state index < -0.39 is 5.41 Å². The molecular formula is C61H38N2. The molecule has 0 fully saturated rings. The van der Waals surface area contributed by atoms with Crippen LogP contribution in [0, 0.1) is 0 Å². The van der Waals surface area contributed by atoms with Crippen LogP contribution in [0.2, 0.25) is 0 Å². The number of para-hydroxylation sites is 2. The van der Waals surface area contributed by atoms with E-state index in [9.17, 15) is 0 Å². The Labute approximate surface area is 365 Å². The van der Waals surface area contributed by atoms with Gasteiger partial charge in [-0.25, -0.2) is 0 Å². The Morgan fingerprint density at radius 1 is 0.238 bits per heavy atom. The second-order valence-corrected chi connectivity index (χ2v) is 17.2. The molecule has 2 aliphatic carbocycles. The van der Waals surface area contributed by atoms with Gasteiger partial charge in [-0.2, -0.15) is 0 Å². The van der Waals surface area contributed by atoms with E-state index in [1.54, 1.807) is 0 Å². The lowest BCUT2D eigenvalue weighted by Gasteiger charge is -2.30. The molecule has 2 aliphatic rings. The zero-order chi connectivity index (χ0) is 41.2. The van der Waals surface area contributed by atoms with Crippen LogP contribution in [0.5, 0.6) is 0 Å². The number of aromatic nitrogens is 2. The SMILES string of the molecule is c1ccc(-c2ccc(-n3c4ccccc4c4cc5c(cc43)C3(c4ccccc4-c4ccccc43)c3cc4c(cc3-5)c3ccccc3n4-c3cccc(-c4ccccc4)c3)cc2)cc1. The third-order valence-electron chi connectivity index (χ3n) is 14.1. The third kappa shape index (κ3) is 4.67. The van der Waals surface area contributed by atoms with E-state index in [0.717, 1.165) is 11.4 Å². The van der Waals surface area contributed by atoms with Gasteiger partial charge >= 0.3 is 0 Å². The minimum absolute atomic E-state index is 0.536. The Morgan fingerprint density at radius 2 is 0.683 bits per heavy atom. The highest BCUT2D eigenvalue weighted by molar-refractivity contribution is 6.15. The molecule has 0 radical (unpaired) electrons. The minimum atomic E-state index is -0.536. The smallest absolute Gasteiger partial charge is 0.0727 e. The van der Waals surface area contributed by atoms with Gasteiger partial charge in [0.25, 0.3) is 0 Å². The second-order valence-electron chi connectivity index (χ2n) is 17.2. The van der Waals surface area contributed by atoms with Crippen LogP contribution in [0.15, 0.2) is 231 Å². The molecule has 292 valence electrons. The van der Waals surface area contributed by atoms with Gasteiger partial charge in [0.1, 0.15) is 0 Å². The largest absolute Gasteiger partial charge is 0.309 e. The number of benzene rings is 10. The molecule has 0 amide bonds. The first-order valence-corrected chi connectivity index (χ1v) is 21.9. The molecule has 0 bridgehead atoms. The molecule has 10 aromatic carbocycles. The zero-order valence-corrected chi connectivity index (χ0v) is 34.3. The number of hydrogen-bond acceptors (Lipinski definition) is 0. The summed E-state index contributed by atoms with van der Waals surface area (Å²) in [5, 5.41) is 5.04. The fraction of sp³-hybridized carbons (Fsp3) is 0.0164. The molecule has 0 unspecified atom stereocenters. The first kappa shape index (κ1) is 34.5. The molecule has 2 aromatic heterocycles. The van der Waals surface area contributed by atoms with Gasteiger partial charge in [0.2, 0.25) is 0 Å². The molecule has 0 atom stereocenters. The fourth-order valence-electron chi connectivity index (χ4n) is 11.5. The Bertz CT molecular complexity index is 3780. The van der Waals surface area contributed by atoms with E-state index in [-0.39, 0.29) is 0 Å². The van der Waals surface area contributed by atoms with Crippen LogP contribution in [0.1, 0.15) is 22.3 Å². The van der Waals surface area contributed by atoms with Crippen LogP contribution < -0.4 is 0 Å². The number of nitrogens with zero attached hydrogens (tertiary/aromatic N) is 2. The Balaban J connectivity index is 1.09. The molecule has 63 heavy (non-hydrogen) atoms. The van der Waals surface area contributed by atoms with Crippen molar-refractivity contribution in [2.45, 2.75) is 5.41 Å². The molecule has 0 aliphatic heterocycles. The lowest BCUT2D eigenvalue weighted by molar-refractivity contribution is 0.795. The summed E-state index contributed by atoms with van der Waals surface area (Å²) in [7, 11) is 0. The average molecular weight is 799 g/mol. The summed E-state index contributed by atoms with van der Waals surface area (Å²) in [6.45, 7) is 0. The monoisotopic (exact) mass is 798 g/mol. The summed E-state index contributed by atoms with van der Waals surface area (Å²) < 4.78 is 4.98. The van der Waals surface area contributed by atoms with Crippen molar-refractivity contribution in [3.63, 3.8) is 0 Å². The maximum atomic E-state index is 2.55. The molecular weight excluding hydrogens is 761 g/mol. The molecule has 2 heterocycles. The van der Waals surface area contributed by atoms with Crippen LogP contribution in [0.4, 0.5) is 0 Å². The summed E-state index contributed by atoms with van der Waals surface area (Å²) >= 11 is 0. The topological polar surface area (TPSA) is 9.86 Å². The van der Waals surface area contributed by atoms with Gasteiger partial charge < -0.3 is 9.13 Å². The molecule has 0 saturated heterocycles. The fourth-order valence-corrected chi connectivity index (χ4v) is 11.5. The van der Waals surface area contributed by atoms with Crippen molar-refractivity contribution in [3.05, 3.63) is 253 Å². The third-order valence-corrected chi connectivity index (χ3v) is 14.1. The van der Waals surface area contributed by atoms with E-state index in [0.29, 0.717) is 0 Å². The first-order chi connectivity index (χ1) is 31.3. The molecule has 2 nitrogen and oxygen atoms in total. The van der Waals surface area contributed by atoms with Gasteiger partial charge in [-0.1, -0.05) is 170 Å². The average Bonchev–Trinajstić information content (AvgIpc) is 4.05. The van der Waals surface area contributed by atoms with Crippen molar-refractivity contribution in [2.75, 3.05) is 0 Å². The van der Waals surface area contributed by atoms with Gasteiger partial charge in [0.05, 0.1) is 27.5 Å². The molecule has 1 spiro atoms. The van der Waals surface area contributed by atoms with Gasteiger partial charge in [-0.3, -0.25) is 0 Å². The number of rotatable bonds is 4. The molecule has 14 rings (SSSR count). The number of fused-ring (bicyclic) bond motifs is 16. The van der Waals surface area contributed by atoms with E-state index in [1.165, 1.54) is 110 Å². The summed E-state index contributed by atoms with van der Waals surface area (Å²) in [5.41, 5.74) is 22.0.